The van der Waals surface area contributed by atoms with Crippen molar-refractivity contribution in [2.75, 3.05) is 27.2 Å². The summed E-state index contributed by atoms with van der Waals surface area (Å²) in [6.07, 6.45) is 8.27. The van der Waals surface area contributed by atoms with Crippen LogP contribution in [0.1, 0.15) is 31.2 Å². The quantitative estimate of drug-likeness (QED) is 0.532. The first-order valence-corrected chi connectivity index (χ1v) is 10.4. The van der Waals surface area contributed by atoms with Gasteiger partial charge in [0.2, 0.25) is 5.91 Å². The molecule has 28 heavy (non-hydrogen) atoms. The monoisotopic (exact) mass is 381 g/mol. The third-order valence-electron chi connectivity index (χ3n) is 6.29. The van der Waals surface area contributed by atoms with Crippen LogP contribution in [0.3, 0.4) is 0 Å². The highest BCUT2D eigenvalue weighted by molar-refractivity contribution is 5.85. The first-order valence-electron chi connectivity index (χ1n) is 10.4. The number of rotatable bonds is 6. The van der Waals surface area contributed by atoms with Gasteiger partial charge in [-0.05, 0) is 49.1 Å². The first-order chi connectivity index (χ1) is 13.6. The maximum Gasteiger partial charge on any atom is 0.243 e. The fourth-order valence-corrected chi connectivity index (χ4v) is 4.69. The standard InChI is InChI=1S/C22H31N5O/c1-27(2)21(28)14-25-22(26-20-12-15-7-8-16(20)11-15)23-10-9-17-13-24-19-6-4-3-5-18(17)19/h3-6,13,15-16,20,24H,7-12,14H2,1-2H3,(H2,23,25,26). The van der Waals surface area contributed by atoms with Crippen molar-refractivity contribution in [3.8, 4) is 0 Å². The SMILES string of the molecule is CN(C)C(=O)CN=C(NCCc1c[nH]c2ccccc12)NC1CC2CCC1C2. The molecule has 0 saturated heterocycles. The van der Waals surface area contributed by atoms with Crippen molar-refractivity contribution in [1.29, 1.82) is 0 Å². The van der Waals surface area contributed by atoms with E-state index in [4.69, 9.17) is 0 Å². The van der Waals surface area contributed by atoms with Crippen LogP contribution in [-0.4, -0.2) is 55.0 Å². The zero-order valence-corrected chi connectivity index (χ0v) is 16.9. The highest BCUT2D eigenvalue weighted by atomic mass is 16.2. The van der Waals surface area contributed by atoms with Crippen molar-refractivity contribution < 1.29 is 4.79 Å². The molecule has 1 heterocycles. The van der Waals surface area contributed by atoms with Crippen LogP contribution in [0.2, 0.25) is 0 Å². The number of carbonyl (C=O) groups is 1. The lowest BCUT2D eigenvalue weighted by atomic mass is 9.95. The second-order valence-corrected chi connectivity index (χ2v) is 8.41. The van der Waals surface area contributed by atoms with Gasteiger partial charge >= 0.3 is 0 Å². The molecule has 1 aromatic heterocycles. The third-order valence-corrected chi connectivity index (χ3v) is 6.29. The van der Waals surface area contributed by atoms with Crippen LogP contribution in [0, 0.1) is 11.8 Å². The fourth-order valence-electron chi connectivity index (χ4n) is 4.69. The Morgan fingerprint density at radius 1 is 1.25 bits per heavy atom. The number of likely N-dealkylation sites (N-methyl/N-ethyl adjacent to an activating group) is 1. The van der Waals surface area contributed by atoms with Crippen molar-refractivity contribution in [1.82, 2.24) is 20.5 Å². The molecular formula is C22H31N5O. The molecule has 3 unspecified atom stereocenters. The molecule has 2 aliphatic carbocycles. The molecule has 1 aromatic carbocycles. The Labute approximate surface area is 166 Å². The highest BCUT2D eigenvalue weighted by Gasteiger charge is 2.39. The Bertz CT molecular complexity index is 855. The van der Waals surface area contributed by atoms with E-state index in [0.29, 0.717) is 6.04 Å². The van der Waals surface area contributed by atoms with Crippen LogP contribution >= 0.6 is 0 Å². The summed E-state index contributed by atoms with van der Waals surface area (Å²) in [5.74, 6) is 2.42. The largest absolute Gasteiger partial charge is 0.361 e. The maximum absolute atomic E-state index is 12.0. The van der Waals surface area contributed by atoms with Crippen LogP contribution < -0.4 is 10.6 Å². The minimum absolute atomic E-state index is 0.0191. The molecule has 1 amide bonds. The van der Waals surface area contributed by atoms with Crippen LogP contribution in [0.25, 0.3) is 10.9 Å². The lowest BCUT2D eigenvalue weighted by Crippen LogP contribution is -2.46. The van der Waals surface area contributed by atoms with Crippen LogP contribution in [0.4, 0.5) is 0 Å². The number of hydrogen-bond acceptors (Lipinski definition) is 2. The van der Waals surface area contributed by atoms with Gasteiger partial charge in [0.15, 0.2) is 5.96 Å². The molecule has 2 saturated carbocycles. The van der Waals surface area contributed by atoms with Crippen molar-refractivity contribution in [2.45, 2.75) is 38.1 Å². The molecule has 6 heteroatoms. The maximum atomic E-state index is 12.0. The number of fused-ring (bicyclic) bond motifs is 3. The summed E-state index contributed by atoms with van der Waals surface area (Å²) in [4.78, 5) is 21.5. The average molecular weight is 382 g/mol. The van der Waals surface area contributed by atoms with Gasteiger partial charge in [-0.1, -0.05) is 24.6 Å². The summed E-state index contributed by atoms with van der Waals surface area (Å²) in [6, 6.07) is 8.87. The number of aromatic amines is 1. The van der Waals surface area contributed by atoms with Gasteiger partial charge in [0.1, 0.15) is 6.54 Å². The number of carbonyl (C=O) groups excluding carboxylic acids is 1. The molecule has 2 aliphatic rings. The van der Waals surface area contributed by atoms with E-state index in [1.165, 1.54) is 42.1 Å². The molecule has 3 atom stereocenters. The van der Waals surface area contributed by atoms with E-state index in [1.54, 1.807) is 19.0 Å². The molecule has 2 aromatic rings. The Balaban J connectivity index is 1.38. The number of aliphatic imine (C=N–C) groups is 1. The summed E-state index contributed by atoms with van der Waals surface area (Å²) in [5, 5.41) is 8.35. The number of para-hydroxylation sites is 1. The highest BCUT2D eigenvalue weighted by Crippen LogP contribution is 2.44. The number of benzene rings is 1. The number of hydrogen-bond donors (Lipinski definition) is 3. The summed E-state index contributed by atoms with van der Waals surface area (Å²) in [5.41, 5.74) is 2.47. The minimum atomic E-state index is 0.0191. The second kappa shape index (κ2) is 8.25. The molecule has 2 fully saturated rings. The number of nitrogens with zero attached hydrogens (tertiary/aromatic N) is 2. The number of guanidine groups is 1. The molecule has 0 aliphatic heterocycles. The van der Waals surface area contributed by atoms with Crippen LogP contribution in [0.5, 0.6) is 0 Å². The van der Waals surface area contributed by atoms with Gasteiger partial charge in [0.25, 0.3) is 0 Å². The number of aromatic nitrogens is 1. The Kier molecular flexibility index (Phi) is 5.55. The minimum Gasteiger partial charge on any atom is -0.361 e. The average Bonchev–Trinajstić information content (AvgIpc) is 3.41. The molecule has 4 rings (SSSR count). The van der Waals surface area contributed by atoms with Crippen molar-refractivity contribution >= 4 is 22.8 Å². The normalized spacial score (nSPS) is 23.9. The van der Waals surface area contributed by atoms with Crippen molar-refractivity contribution in [3.63, 3.8) is 0 Å². The Morgan fingerprint density at radius 2 is 2.11 bits per heavy atom. The summed E-state index contributed by atoms with van der Waals surface area (Å²) in [6.45, 7) is 0.959. The van der Waals surface area contributed by atoms with E-state index in [-0.39, 0.29) is 12.5 Å². The van der Waals surface area contributed by atoms with E-state index in [0.717, 1.165) is 30.8 Å². The topological polar surface area (TPSA) is 72.5 Å². The van der Waals surface area contributed by atoms with Gasteiger partial charge < -0.3 is 20.5 Å². The molecular weight excluding hydrogens is 350 g/mol. The summed E-state index contributed by atoms with van der Waals surface area (Å²) < 4.78 is 0. The van der Waals surface area contributed by atoms with Gasteiger partial charge in [-0.25, -0.2) is 4.99 Å². The second-order valence-electron chi connectivity index (χ2n) is 8.41. The fraction of sp³-hybridized carbons (Fsp3) is 0.545. The predicted molar refractivity (Wildman–Crippen MR) is 113 cm³/mol. The smallest absolute Gasteiger partial charge is 0.243 e. The van der Waals surface area contributed by atoms with E-state index in [1.807, 2.05) is 6.07 Å². The van der Waals surface area contributed by atoms with Crippen LogP contribution in [0.15, 0.2) is 35.5 Å². The van der Waals surface area contributed by atoms with Gasteiger partial charge in [0.05, 0.1) is 0 Å². The molecule has 3 N–H and O–H groups in total. The molecule has 2 bridgehead atoms. The molecule has 150 valence electrons. The van der Waals surface area contributed by atoms with E-state index in [2.05, 4.69) is 45.0 Å². The summed E-state index contributed by atoms with van der Waals surface area (Å²) in [7, 11) is 3.54. The number of amides is 1. The lowest BCUT2D eigenvalue weighted by Gasteiger charge is -2.25. The zero-order chi connectivity index (χ0) is 19.5. The summed E-state index contributed by atoms with van der Waals surface area (Å²) >= 11 is 0. The third kappa shape index (κ3) is 4.16. The van der Waals surface area contributed by atoms with E-state index >= 15 is 0 Å². The Hall–Kier alpha value is -2.50. The number of nitrogens with one attached hydrogen (secondary N) is 3. The van der Waals surface area contributed by atoms with Gasteiger partial charge in [-0.2, -0.15) is 0 Å². The molecule has 6 nitrogen and oxygen atoms in total. The molecule has 0 spiro atoms. The molecule has 0 radical (unpaired) electrons. The zero-order valence-electron chi connectivity index (χ0n) is 16.9. The predicted octanol–water partition coefficient (Wildman–Crippen LogP) is 2.52. The van der Waals surface area contributed by atoms with Gasteiger partial charge in [0, 0.05) is 43.8 Å². The van der Waals surface area contributed by atoms with E-state index < -0.39 is 0 Å². The Morgan fingerprint density at radius 3 is 2.86 bits per heavy atom. The van der Waals surface area contributed by atoms with E-state index in [9.17, 15) is 4.79 Å². The van der Waals surface area contributed by atoms with Gasteiger partial charge in [-0.3, -0.25) is 4.79 Å². The van der Waals surface area contributed by atoms with Crippen molar-refractivity contribution in [3.05, 3.63) is 36.0 Å². The van der Waals surface area contributed by atoms with Gasteiger partial charge in [-0.15, -0.1) is 0 Å². The first kappa shape index (κ1) is 18.8. The van der Waals surface area contributed by atoms with Crippen molar-refractivity contribution in [2.24, 2.45) is 16.8 Å². The lowest BCUT2D eigenvalue weighted by molar-refractivity contribution is -0.127. The van der Waals surface area contributed by atoms with Crippen LogP contribution in [-0.2, 0) is 11.2 Å². The number of H-pyrrole nitrogens is 1.